The number of carbonyl (C=O) groups excluding carboxylic acids is 1. The Balaban J connectivity index is 1.70. The lowest BCUT2D eigenvalue weighted by Crippen LogP contribution is -2.07. The summed E-state index contributed by atoms with van der Waals surface area (Å²) >= 11 is 5.94. The number of methoxy groups -OCH3 is 1. The van der Waals surface area contributed by atoms with Crippen molar-refractivity contribution in [2.75, 3.05) is 13.7 Å². The van der Waals surface area contributed by atoms with E-state index < -0.39 is 5.97 Å². The summed E-state index contributed by atoms with van der Waals surface area (Å²) in [7, 11) is 1.55. The summed E-state index contributed by atoms with van der Waals surface area (Å²) in [5.74, 6) is 1.86. The smallest absolute Gasteiger partial charge is 0.308 e. The highest BCUT2D eigenvalue weighted by atomic mass is 35.5. The molecule has 0 N–H and O–H groups in total. The van der Waals surface area contributed by atoms with E-state index in [2.05, 4.69) is 18.8 Å². The normalized spacial score (nSPS) is 10.9. The minimum absolute atomic E-state index is 0.272. The fourth-order valence-electron chi connectivity index (χ4n) is 3.19. The summed E-state index contributed by atoms with van der Waals surface area (Å²) < 4.78 is 18.3. The van der Waals surface area contributed by atoms with E-state index in [1.54, 1.807) is 42.3 Å². The molecule has 0 fully saturated rings. The molecule has 0 unspecified atom stereocenters. The molecule has 0 atom stereocenters. The van der Waals surface area contributed by atoms with Crippen LogP contribution in [0.5, 0.6) is 17.2 Å². The molecule has 0 aliphatic carbocycles. The van der Waals surface area contributed by atoms with E-state index in [0.29, 0.717) is 34.7 Å². The maximum atomic E-state index is 11.4. The summed E-state index contributed by atoms with van der Waals surface area (Å²) in [5, 5.41) is 5.30. The highest BCUT2D eigenvalue weighted by Gasteiger charge is 2.16. The van der Waals surface area contributed by atoms with Crippen molar-refractivity contribution in [3.63, 3.8) is 0 Å². The van der Waals surface area contributed by atoms with Gasteiger partial charge in [-0.15, -0.1) is 0 Å². The van der Waals surface area contributed by atoms with Crippen LogP contribution >= 0.6 is 11.6 Å². The van der Waals surface area contributed by atoms with Crippen LogP contribution in [0.4, 0.5) is 0 Å². The standard InChI is InChI=1S/C23H26ClN3O4/c1-15(2)22-17(14-27(26-22)21-11-10-18(24)13-25-21)7-6-12-30-23-19(29-4)8-5-9-20(23)31-16(3)28/h5,8-11,13-15H,6-7,12H2,1-4H3. The Morgan fingerprint density at radius 2 is 1.97 bits per heavy atom. The average Bonchev–Trinajstić information content (AvgIpc) is 3.16. The molecule has 0 saturated carbocycles. The number of pyridine rings is 1. The van der Waals surface area contributed by atoms with E-state index in [0.717, 1.165) is 24.1 Å². The molecule has 31 heavy (non-hydrogen) atoms. The molecule has 7 nitrogen and oxygen atoms in total. The summed E-state index contributed by atoms with van der Waals surface area (Å²) in [6.07, 6.45) is 5.13. The second-order valence-corrected chi connectivity index (χ2v) is 7.74. The van der Waals surface area contributed by atoms with Gasteiger partial charge >= 0.3 is 5.97 Å². The first-order valence-corrected chi connectivity index (χ1v) is 10.5. The van der Waals surface area contributed by atoms with Crippen LogP contribution in [0.3, 0.4) is 0 Å². The van der Waals surface area contributed by atoms with Gasteiger partial charge in [0.1, 0.15) is 0 Å². The Bertz CT molecular complexity index is 1030. The molecule has 0 aliphatic rings. The number of nitrogens with zero attached hydrogens (tertiary/aromatic N) is 3. The van der Waals surface area contributed by atoms with E-state index >= 15 is 0 Å². The van der Waals surface area contributed by atoms with Gasteiger partial charge in [-0.2, -0.15) is 5.10 Å². The number of hydrogen-bond donors (Lipinski definition) is 0. The number of carbonyl (C=O) groups is 1. The number of ether oxygens (including phenoxy) is 3. The number of rotatable bonds is 9. The van der Waals surface area contributed by atoms with Crippen molar-refractivity contribution in [1.82, 2.24) is 14.8 Å². The minimum atomic E-state index is -0.414. The van der Waals surface area contributed by atoms with Crippen LogP contribution in [0, 0.1) is 0 Å². The van der Waals surface area contributed by atoms with Crippen LogP contribution in [0.1, 0.15) is 44.4 Å². The Morgan fingerprint density at radius 1 is 1.19 bits per heavy atom. The number of para-hydroxylation sites is 1. The third kappa shape index (κ3) is 5.76. The highest BCUT2D eigenvalue weighted by Crippen LogP contribution is 2.37. The number of halogens is 1. The van der Waals surface area contributed by atoms with Crippen LogP contribution in [0.2, 0.25) is 5.02 Å². The van der Waals surface area contributed by atoms with E-state index in [1.165, 1.54) is 6.92 Å². The van der Waals surface area contributed by atoms with Crippen LogP contribution in [-0.4, -0.2) is 34.5 Å². The molecule has 0 radical (unpaired) electrons. The molecule has 2 aromatic heterocycles. The molecule has 0 bridgehead atoms. The zero-order valence-corrected chi connectivity index (χ0v) is 18.8. The molecule has 0 spiro atoms. The summed E-state index contributed by atoms with van der Waals surface area (Å²) in [4.78, 5) is 15.7. The third-order valence-corrected chi connectivity index (χ3v) is 4.79. The Kier molecular flexibility index (Phi) is 7.52. The maximum absolute atomic E-state index is 11.4. The quantitative estimate of drug-likeness (QED) is 0.263. The van der Waals surface area contributed by atoms with E-state index in [-0.39, 0.29) is 5.92 Å². The summed E-state index contributed by atoms with van der Waals surface area (Å²) in [6.45, 7) is 6.00. The molecule has 3 rings (SSSR count). The zero-order valence-electron chi connectivity index (χ0n) is 18.1. The number of aryl methyl sites for hydroxylation is 1. The molecule has 0 amide bonds. The highest BCUT2D eigenvalue weighted by molar-refractivity contribution is 6.30. The van der Waals surface area contributed by atoms with Crippen molar-refractivity contribution in [3.8, 4) is 23.1 Å². The first-order chi connectivity index (χ1) is 14.9. The Hall–Kier alpha value is -3.06. The summed E-state index contributed by atoms with van der Waals surface area (Å²) in [6, 6.07) is 8.83. The van der Waals surface area contributed by atoms with Gasteiger partial charge in [-0.05, 0) is 48.6 Å². The van der Waals surface area contributed by atoms with Gasteiger partial charge in [0.2, 0.25) is 5.75 Å². The maximum Gasteiger partial charge on any atom is 0.308 e. The monoisotopic (exact) mass is 443 g/mol. The van der Waals surface area contributed by atoms with E-state index in [1.807, 2.05) is 12.3 Å². The predicted molar refractivity (Wildman–Crippen MR) is 119 cm³/mol. The molecule has 2 heterocycles. The van der Waals surface area contributed by atoms with E-state index in [9.17, 15) is 4.79 Å². The fourth-order valence-corrected chi connectivity index (χ4v) is 3.31. The van der Waals surface area contributed by atoms with Crippen molar-refractivity contribution < 1.29 is 19.0 Å². The van der Waals surface area contributed by atoms with Crippen molar-refractivity contribution in [2.45, 2.75) is 39.5 Å². The number of esters is 1. The van der Waals surface area contributed by atoms with Gasteiger partial charge in [-0.3, -0.25) is 4.79 Å². The van der Waals surface area contributed by atoms with Gasteiger partial charge in [0.25, 0.3) is 0 Å². The number of hydrogen-bond acceptors (Lipinski definition) is 6. The lowest BCUT2D eigenvalue weighted by Gasteiger charge is -2.14. The molecule has 0 aliphatic heterocycles. The molecule has 1 aromatic carbocycles. The van der Waals surface area contributed by atoms with Gasteiger partial charge in [0.05, 0.1) is 24.4 Å². The van der Waals surface area contributed by atoms with Crippen molar-refractivity contribution in [1.29, 1.82) is 0 Å². The first kappa shape index (κ1) is 22.6. The number of aromatic nitrogens is 3. The lowest BCUT2D eigenvalue weighted by molar-refractivity contribution is -0.132. The molecule has 8 heteroatoms. The van der Waals surface area contributed by atoms with Crippen molar-refractivity contribution in [3.05, 3.63) is 59.0 Å². The predicted octanol–water partition coefficient (Wildman–Crippen LogP) is 4.99. The topological polar surface area (TPSA) is 75.5 Å². The number of benzene rings is 1. The molecule has 0 saturated heterocycles. The molecular weight excluding hydrogens is 418 g/mol. The van der Waals surface area contributed by atoms with Crippen molar-refractivity contribution >= 4 is 17.6 Å². The fraction of sp³-hybridized carbons (Fsp3) is 0.348. The molecule has 3 aromatic rings. The SMILES string of the molecule is COc1cccc(OC(C)=O)c1OCCCc1cn(-c2ccc(Cl)cn2)nc1C(C)C. The Labute approximate surface area is 186 Å². The Morgan fingerprint density at radius 3 is 2.61 bits per heavy atom. The van der Waals surface area contributed by atoms with Gasteiger partial charge in [-0.25, -0.2) is 9.67 Å². The second-order valence-electron chi connectivity index (χ2n) is 7.31. The zero-order chi connectivity index (χ0) is 22.4. The first-order valence-electron chi connectivity index (χ1n) is 10.1. The van der Waals surface area contributed by atoms with Gasteiger partial charge in [0, 0.05) is 19.3 Å². The van der Waals surface area contributed by atoms with E-state index in [4.69, 9.17) is 30.9 Å². The van der Waals surface area contributed by atoms with Gasteiger partial charge < -0.3 is 14.2 Å². The van der Waals surface area contributed by atoms with Crippen molar-refractivity contribution in [2.24, 2.45) is 0 Å². The molecular formula is C23H26ClN3O4. The van der Waals surface area contributed by atoms with Crippen LogP contribution < -0.4 is 14.2 Å². The minimum Gasteiger partial charge on any atom is -0.493 e. The van der Waals surface area contributed by atoms with Gasteiger partial charge in [-0.1, -0.05) is 31.5 Å². The largest absolute Gasteiger partial charge is 0.493 e. The van der Waals surface area contributed by atoms with Crippen LogP contribution in [0.15, 0.2) is 42.7 Å². The van der Waals surface area contributed by atoms with Crippen LogP contribution in [0.25, 0.3) is 5.82 Å². The van der Waals surface area contributed by atoms with Gasteiger partial charge in [0.15, 0.2) is 17.3 Å². The second kappa shape index (κ2) is 10.3. The van der Waals surface area contributed by atoms with Crippen LogP contribution in [-0.2, 0) is 11.2 Å². The summed E-state index contributed by atoms with van der Waals surface area (Å²) in [5.41, 5.74) is 2.16. The average molecular weight is 444 g/mol. The lowest BCUT2D eigenvalue weighted by atomic mass is 10.0. The molecule has 164 valence electrons. The third-order valence-electron chi connectivity index (χ3n) is 4.57.